The minimum absolute atomic E-state index is 0.00152. The number of ether oxygens (including phenoxy) is 2. The van der Waals surface area contributed by atoms with Crippen LogP contribution in [0.2, 0.25) is 0 Å². The summed E-state index contributed by atoms with van der Waals surface area (Å²) in [7, 11) is 1.22. The molecule has 1 atom stereocenters. The molecular weight excluding hydrogens is 276 g/mol. The van der Waals surface area contributed by atoms with Crippen molar-refractivity contribution in [2.75, 3.05) is 13.7 Å². The van der Waals surface area contributed by atoms with E-state index in [2.05, 4.69) is 16.4 Å². The van der Waals surface area contributed by atoms with Crippen molar-refractivity contribution >= 4 is 11.9 Å². The molecule has 0 saturated heterocycles. The molecule has 0 unspecified atom stereocenters. The highest BCUT2D eigenvalue weighted by Crippen LogP contribution is 2.15. The van der Waals surface area contributed by atoms with Crippen LogP contribution in [0.15, 0.2) is 24.5 Å². The Balaban J connectivity index is 2.79. The molecule has 0 aliphatic rings. The minimum atomic E-state index is -1.41. The van der Waals surface area contributed by atoms with Crippen LogP contribution in [0.5, 0.6) is 0 Å². The zero-order valence-electron chi connectivity index (χ0n) is 11.8. The fourth-order valence-corrected chi connectivity index (χ4v) is 1.46. The van der Waals surface area contributed by atoms with Crippen molar-refractivity contribution in [3.8, 4) is 6.07 Å². The van der Waals surface area contributed by atoms with Gasteiger partial charge in [0.1, 0.15) is 6.07 Å². The van der Waals surface area contributed by atoms with E-state index in [1.54, 1.807) is 0 Å². The average Bonchev–Trinajstić information content (AvgIpc) is 2.91. The van der Waals surface area contributed by atoms with E-state index in [1.807, 2.05) is 6.07 Å². The molecule has 8 nitrogen and oxygen atoms in total. The van der Waals surface area contributed by atoms with Gasteiger partial charge >= 0.3 is 5.97 Å². The first-order chi connectivity index (χ1) is 9.82. The lowest BCUT2D eigenvalue weighted by atomic mass is 10.1. The number of amides is 1. The molecule has 1 rings (SSSR count). The average molecular weight is 292 g/mol. The summed E-state index contributed by atoms with van der Waals surface area (Å²) < 4.78 is 11.3. The van der Waals surface area contributed by atoms with Crippen LogP contribution in [0.3, 0.4) is 0 Å². The Bertz CT molecular complexity index is 602. The van der Waals surface area contributed by atoms with E-state index in [0.717, 1.165) is 0 Å². The predicted octanol–water partition coefficient (Wildman–Crippen LogP) is -0.255. The van der Waals surface area contributed by atoms with Gasteiger partial charge in [0.25, 0.3) is 5.91 Å². The molecule has 1 heterocycles. The quantitative estimate of drug-likeness (QED) is 0.546. The van der Waals surface area contributed by atoms with Crippen molar-refractivity contribution < 1.29 is 19.1 Å². The number of aromatic nitrogens is 2. The Kier molecular flexibility index (Phi) is 5.21. The van der Waals surface area contributed by atoms with E-state index in [0.29, 0.717) is 5.56 Å². The maximum absolute atomic E-state index is 11.6. The van der Waals surface area contributed by atoms with Crippen molar-refractivity contribution in [3.63, 3.8) is 0 Å². The highest BCUT2D eigenvalue weighted by molar-refractivity contribution is 5.88. The maximum Gasteiger partial charge on any atom is 0.335 e. The second-order valence-corrected chi connectivity index (χ2v) is 4.52. The van der Waals surface area contributed by atoms with Gasteiger partial charge in [0.2, 0.25) is 0 Å². The number of carbonyl (C=O) groups excluding carboxylic acids is 2. The van der Waals surface area contributed by atoms with Gasteiger partial charge in [-0.2, -0.15) is 10.4 Å². The molecule has 0 fully saturated rings. The second-order valence-electron chi connectivity index (χ2n) is 4.52. The van der Waals surface area contributed by atoms with Crippen LogP contribution in [-0.4, -0.2) is 41.0 Å². The zero-order chi connectivity index (χ0) is 16.0. The molecule has 21 heavy (non-hydrogen) atoms. The molecule has 0 saturated carbocycles. The Morgan fingerprint density at radius 3 is 2.76 bits per heavy atom. The van der Waals surface area contributed by atoms with Gasteiger partial charge in [0, 0.05) is 6.20 Å². The summed E-state index contributed by atoms with van der Waals surface area (Å²) in [5.74, 6) is -1.36. The summed E-state index contributed by atoms with van der Waals surface area (Å²) >= 11 is 0. The van der Waals surface area contributed by atoms with Gasteiger partial charge in [-0.3, -0.25) is 9.48 Å². The number of hydrogen-bond acceptors (Lipinski definition) is 6. The number of primary amides is 1. The summed E-state index contributed by atoms with van der Waals surface area (Å²) in [5.41, 5.74) is 4.34. The number of nitrogens with two attached hydrogens (primary N) is 1. The largest absolute Gasteiger partial charge is 0.466 e. The number of hydrogen-bond donors (Lipinski definition) is 1. The van der Waals surface area contributed by atoms with Gasteiger partial charge < -0.3 is 15.2 Å². The van der Waals surface area contributed by atoms with Crippen molar-refractivity contribution in [2.24, 2.45) is 5.73 Å². The molecule has 112 valence electrons. The third-order valence-electron chi connectivity index (χ3n) is 2.79. The normalized spacial score (nSPS) is 13.0. The molecule has 0 radical (unpaired) electrons. The SMILES string of the molecule is C=C(CO[C@@](C)(Cn1cc(C#N)cn1)C(N)=O)C(=O)OC. The number of nitriles is 1. The van der Waals surface area contributed by atoms with Gasteiger partial charge in [0.05, 0.1) is 37.6 Å². The lowest BCUT2D eigenvalue weighted by molar-refractivity contribution is -0.145. The highest BCUT2D eigenvalue weighted by atomic mass is 16.5. The molecule has 8 heteroatoms. The lowest BCUT2D eigenvalue weighted by Gasteiger charge is -2.26. The second kappa shape index (κ2) is 6.67. The summed E-state index contributed by atoms with van der Waals surface area (Å²) in [6.45, 7) is 4.75. The monoisotopic (exact) mass is 292 g/mol. The summed E-state index contributed by atoms with van der Waals surface area (Å²) in [4.78, 5) is 22.8. The first kappa shape index (κ1) is 16.4. The van der Waals surface area contributed by atoms with Crippen molar-refractivity contribution in [3.05, 3.63) is 30.1 Å². The Morgan fingerprint density at radius 2 is 2.29 bits per heavy atom. The fourth-order valence-electron chi connectivity index (χ4n) is 1.46. The van der Waals surface area contributed by atoms with Crippen LogP contribution in [0.25, 0.3) is 0 Å². The number of nitrogens with zero attached hydrogens (tertiary/aromatic N) is 3. The van der Waals surface area contributed by atoms with E-state index in [4.69, 9.17) is 15.7 Å². The first-order valence-corrected chi connectivity index (χ1v) is 5.95. The molecule has 1 amide bonds. The third-order valence-corrected chi connectivity index (χ3v) is 2.79. The zero-order valence-corrected chi connectivity index (χ0v) is 11.8. The minimum Gasteiger partial charge on any atom is -0.466 e. The number of rotatable bonds is 7. The van der Waals surface area contributed by atoms with Crippen LogP contribution < -0.4 is 5.73 Å². The van der Waals surface area contributed by atoms with Crippen LogP contribution in [0.1, 0.15) is 12.5 Å². The molecule has 0 bridgehead atoms. The van der Waals surface area contributed by atoms with Gasteiger partial charge in [-0.25, -0.2) is 4.79 Å². The number of carbonyl (C=O) groups is 2. The molecule has 0 spiro atoms. The van der Waals surface area contributed by atoms with Crippen LogP contribution in [0, 0.1) is 11.3 Å². The highest BCUT2D eigenvalue weighted by Gasteiger charge is 2.34. The first-order valence-electron chi connectivity index (χ1n) is 5.95. The van der Waals surface area contributed by atoms with Crippen molar-refractivity contribution in [1.82, 2.24) is 9.78 Å². The molecule has 0 aliphatic heterocycles. The molecule has 2 N–H and O–H groups in total. The Morgan fingerprint density at radius 1 is 1.62 bits per heavy atom. The van der Waals surface area contributed by atoms with E-state index in [-0.39, 0.29) is 18.7 Å². The molecule has 1 aromatic heterocycles. The molecule has 0 aliphatic carbocycles. The van der Waals surface area contributed by atoms with E-state index < -0.39 is 17.5 Å². The topological polar surface area (TPSA) is 120 Å². The van der Waals surface area contributed by atoms with Crippen LogP contribution in [-0.2, 0) is 25.6 Å². The number of esters is 1. The summed E-state index contributed by atoms with van der Waals surface area (Å²) in [5, 5.41) is 12.7. The molecule has 0 aromatic carbocycles. The van der Waals surface area contributed by atoms with E-state index in [9.17, 15) is 9.59 Å². The van der Waals surface area contributed by atoms with Crippen LogP contribution in [0.4, 0.5) is 0 Å². The predicted molar refractivity (Wildman–Crippen MR) is 71.6 cm³/mol. The fraction of sp³-hybridized carbons (Fsp3) is 0.385. The lowest BCUT2D eigenvalue weighted by Crippen LogP contribution is -2.47. The van der Waals surface area contributed by atoms with Gasteiger partial charge in [-0.05, 0) is 6.92 Å². The van der Waals surface area contributed by atoms with Gasteiger partial charge in [-0.1, -0.05) is 6.58 Å². The van der Waals surface area contributed by atoms with E-state index in [1.165, 1.54) is 31.1 Å². The van der Waals surface area contributed by atoms with Crippen molar-refractivity contribution in [2.45, 2.75) is 19.1 Å². The van der Waals surface area contributed by atoms with Crippen molar-refractivity contribution in [1.29, 1.82) is 5.26 Å². The Labute approximate surface area is 121 Å². The Hall–Kier alpha value is -2.66. The molecule has 1 aromatic rings. The van der Waals surface area contributed by atoms with Gasteiger partial charge in [-0.15, -0.1) is 0 Å². The van der Waals surface area contributed by atoms with Crippen LogP contribution >= 0.6 is 0 Å². The van der Waals surface area contributed by atoms with E-state index >= 15 is 0 Å². The standard InChI is InChI=1S/C13H16N4O4/c1-9(11(18)20-3)7-21-13(2,12(15)19)8-17-6-10(4-14)5-16-17/h5-6H,1,7-8H2,2-3H3,(H2,15,19)/t13-/m0/s1. The van der Waals surface area contributed by atoms with Gasteiger partial charge in [0.15, 0.2) is 5.60 Å². The summed E-state index contributed by atoms with van der Waals surface area (Å²) in [6, 6.07) is 1.92. The maximum atomic E-state index is 11.6. The summed E-state index contributed by atoms with van der Waals surface area (Å²) in [6.07, 6.45) is 2.81. The smallest absolute Gasteiger partial charge is 0.335 e. The third kappa shape index (κ3) is 4.15. The molecular formula is C13H16N4O4. The number of methoxy groups -OCH3 is 1.